The Morgan fingerprint density at radius 1 is 1.35 bits per heavy atom. The molecule has 8 nitrogen and oxygen atoms in total. The average Bonchev–Trinajstić information content (AvgIpc) is 2.48. The molecule has 1 aliphatic heterocycles. The molecule has 0 radical (unpaired) electrons. The monoisotopic (exact) mass is 279 g/mol. The van der Waals surface area contributed by atoms with Gasteiger partial charge in [-0.15, -0.1) is 0 Å². The molecule has 1 amide bonds. The minimum absolute atomic E-state index is 0.0227. The third kappa shape index (κ3) is 3.21. The lowest BCUT2D eigenvalue weighted by molar-refractivity contribution is -0.385. The van der Waals surface area contributed by atoms with E-state index >= 15 is 0 Å². The van der Waals surface area contributed by atoms with Crippen molar-refractivity contribution in [3.8, 4) is 0 Å². The Kier molecular flexibility index (Phi) is 4.46. The van der Waals surface area contributed by atoms with Crippen molar-refractivity contribution in [2.45, 2.75) is 6.42 Å². The third-order valence-corrected chi connectivity index (χ3v) is 3.26. The fourth-order valence-electron chi connectivity index (χ4n) is 2.14. The maximum absolute atomic E-state index is 11.7. The van der Waals surface area contributed by atoms with E-state index in [0.29, 0.717) is 45.0 Å². The number of carbonyl (C=O) groups excluding carboxylic acids is 1. The standard InChI is InChI=1S/C12H17N5O3/c13-4-3-12(18)16-7-5-15(6-8-16)11-2-1-10(9-14-11)17(19)20/h1-2,9H,3-8,13H2. The third-order valence-electron chi connectivity index (χ3n) is 3.26. The van der Waals surface area contributed by atoms with Gasteiger partial charge in [-0.2, -0.15) is 0 Å². The number of aromatic nitrogens is 1. The molecule has 2 N–H and O–H groups in total. The molecule has 8 heteroatoms. The van der Waals surface area contributed by atoms with Gasteiger partial charge in [-0.25, -0.2) is 4.98 Å². The normalized spacial score (nSPS) is 15.2. The van der Waals surface area contributed by atoms with Crippen LogP contribution in [0, 0.1) is 10.1 Å². The van der Waals surface area contributed by atoms with Gasteiger partial charge in [0.15, 0.2) is 0 Å². The van der Waals surface area contributed by atoms with Gasteiger partial charge in [-0.05, 0) is 6.07 Å². The lowest BCUT2D eigenvalue weighted by Crippen LogP contribution is -2.49. The van der Waals surface area contributed by atoms with Gasteiger partial charge in [0.2, 0.25) is 5.91 Å². The van der Waals surface area contributed by atoms with E-state index in [9.17, 15) is 14.9 Å². The van der Waals surface area contributed by atoms with E-state index < -0.39 is 4.92 Å². The van der Waals surface area contributed by atoms with E-state index in [1.807, 2.05) is 4.90 Å². The van der Waals surface area contributed by atoms with Crippen LogP contribution in [0.4, 0.5) is 11.5 Å². The first-order valence-corrected chi connectivity index (χ1v) is 6.45. The predicted molar refractivity (Wildman–Crippen MR) is 73.4 cm³/mol. The topological polar surface area (TPSA) is 106 Å². The highest BCUT2D eigenvalue weighted by Crippen LogP contribution is 2.17. The molecular weight excluding hydrogens is 262 g/mol. The second-order valence-electron chi connectivity index (χ2n) is 4.54. The molecule has 20 heavy (non-hydrogen) atoms. The summed E-state index contributed by atoms with van der Waals surface area (Å²) in [7, 11) is 0. The summed E-state index contributed by atoms with van der Waals surface area (Å²) in [6.45, 7) is 2.94. The van der Waals surface area contributed by atoms with Gasteiger partial charge in [0.05, 0.1) is 4.92 Å². The smallest absolute Gasteiger partial charge is 0.287 e. The molecule has 1 aliphatic rings. The fraction of sp³-hybridized carbons (Fsp3) is 0.500. The number of amides is 1. The van der Waals surface area contributed by atoms with Gasteiger partial charge < -0.3 is 15.5 Å². The number of piperazine rings is 1. The first-order chi connectivity index (χ1) is 9.61. The van der Waals surface area contributed by atoms with Crippen LogP contribution in [0.15, 0.2) is 18.3 Å². The number of anilines is 1. The molecular formula is C12H17N5O3. The minimum Gasteiger partial charge on any atom is -0.353 e. The molecule has 0 unspecified atom stereocenters. The number of nitrogens with zero attached hydrogens (tertiary/aromatic N) is 4. The van der Waals surface area contributed by atoms with Gasteiger partial charge in [-0.1, -0.05) is 0 Å². The number of hydrogen-bond acceptors (Lipinski definition) is 6. The first kappa shape index (κ1) is 14.2. The van der Waals surface area contributed by atoms with Crippen LogP contribution in [-0.2, 0) is 4.79 Å². The molecule has 0 spiro atoms. The summed E-state index contributed by atoms with van der Waals surface area (Å²) in [5.41, 5.74) is 5.35. The maximum Gasteiger partial charge on any atom is 0.287 e. The quantitative estimate of drug-likeness (QED) is 0.613. The van der Waals surface area contributed by atoms with Crippen LogP contribution in [0.3, 0.4) is 0 Å². The van der Waals surface area contributed by atoms with Crippen LogP contribution >= 0.6 is 0 Å². The molecule has 1 saturated heterocycles. The number of hydrogen-bond donors (Lipinski definition) is 1. The zero-order valence-corrected chi connectivity index (χ0v) is 11.1. The lowest BCUT2D eigenvalue weighted by atomic mass is 10.2. The Hall–Kier alpha value is -2.22. The Labute approximate surface area is 116 Å². The molecule has 0 saturated carbocycles. The summed E-state index contributed by atoms with van der Waals surface area (Å²) >= 11 is 0. The summed E-state index contributed by atoms with van der Waals surface area (Å²) in [6, 6.07) is 3.07. The SMILES string of the molecule is NCCC(=O)N1CCN(c2ccc([N+](=O)[O-])cn2)CC1. The maximum atomic E-state index is 11.7. The average molecular weight is 279 g/mol. The molecule has 0 bridgehead atoms. The van der Waals surface area contributed by atoms with Gasteiger partial charge in [0.1, 0.15) is 12.0 Å². The molecule has 1 aromatic heterocycles. The summed E-state index contributed by atoms with van der Waals surface area (Å²) in [5.74, 6) is 0.769. The van der Waals surface area contributed by atoms with Crippen molar-refractivity contribution in [3.63, 3.8) is 0 Å². The predicted octanol–water partition coefficient (Wildman–Crippen LogP) is -0.0128. The highest BCUT2D eigenvalue weighted by Gasteiger charge is 2.21. The van der Waals surface area contributed by atoms with Crippen LogP contribution < -0.4 is 10.6 Å². The van der Waals surface area contributed by atoms with E-state index in [4.69, 9.17) is 5.73 Å². The van der Waals surface area contributed by atoms with E-state index in [1.165, 1.54) is 12.3 Å². The van der Waals surface area contributed by atoms with Crippen molar-refractivity contribution < 1.29 is 9.72 Å². The molecule has 2 heterocycles. The van der Waals surface area contributed by atoms with Crippen molar-refractivity contribution in [3.05, 3.63) is 28.4 Å². The van der Waals surface area contributed by atoms with E-state index in [-0.39, 0.29) is 11.6 Å². The van der Waals surface area contributed by atoms with Gasteiger partial charge >= 0.3 is 0 Å². The second-order valence-corrected chi connectivity index (χ2v) is 4.54. The molecule has 1 fully saturated rings. The lowest BCUT2D eigenvalue weighted by Gasteiger charge is -2.35. The number of carbonyl (C=O) groups is 1. The van der Waals surface area contributed by atoms with Gasteiger partial charge in [0.25, 0.3) is 5.69 Å². The molecule has 1 aromatic rings. The summed E-state index contributed by atoms with van der Waals surface area (Å²) in [6.07, 6.45) is 1.62. The van der Waals surface area contributed by atoms with Gasteiger partial charge in [-0.3, -0.25) is 14.9 Å². The highest BCUT2D eigenvalue weighted by molar-refractivity contribution is 5.76. The van der Waals surface area contributed by atoms with Crippen molar-refractivity contribution >= 4 is 17.4 Å². The summed E-state index contributed by atoms with van der Waals surface area (Å²) < 4.78 is 0. The fourth-order valence-corrected chi connectivity index (χ4v) is 2.14. The zero-order valence-electron chi connectivity index (χ0n) is 11.1. The summed E-state index contributed by atoms with van der Waals surface area (Å²) in [4.78, 5) is 29.7. The Bertz CT molecular complexity index is 482. The Morgan fingerprint density at radius 2 is 2.05 bits per heavy atom. The second kappa shape index (κ2) is 6.29. The van der Waals surface area contributed by atoms with Crippen LogP contribution in [0.25, 0.3) is 0 Å². The highest BCUT2D eigenvalue weighted by atomic mass is 16.6. The number of rotatable bonds is 4. The van der Waals surface area contributed by atoms with Gasteiger partial charge in [0, 0.05) is 45.2 Å². The molecule has 2 rings (SSSR count). The zero-order chi connectivity index (χ0) is 14.5. The van der Waals surface area contributed by atoms with Crippen LogP contribution in [0.2, 0.25) is 0 Å². The molecule has 0 aliphatic carbocycles. The van der Waals surface area contributed by atoms with Crippen molar-refractivity contribution in [1.82, 2.24) is 9.88 Å². The van der Waals surface area contributed by atoms with Crippen molar-refractivity contribution in [1.29, 1.82) is 0 Å². The van der Waals surface area contributed by atoms with Crippen LogP contribution in [0.5, 0.6) is 0 Å². The molecule has 0 aromatic carbocycles. The van der Waals surface area contributed by atoms with Crippen molar-refractivity contribution in [2.24, 2.45) is 5.73 Å². The largest absolute Gasteiger partial charge is 0.353 e. The molecule has 0 atom stereocenters. The molecule has 108 valence electrons. The van der Waals surface area contributed by atoms with Crippen LogP contribution in [-0.4, -0.2) is 53.4 Å². The number of pyridine rings is 1. The number of nitrogens with two attached hydrogens (primary N) is 1. The Morgan fingerprint density at radius 3 is 2.55 bits per heavy atom. The first-order valence-electron chi connectivity index (χ1n) is 6.45. The Balaban J connectivity index is 1.93. The summed E-state index contributed by atoms with van der Waals surface area (Å²) in [5, 5.41) is 10.6. The minimum atomic E-state index is -0.472. The van der Waals surface area contributed by atoms with E-state index in [0.717, 1.165) is 0 Å². The van der Waals surface area contributed by atoms with Crippen molar-refractivity contribution in [2.75, 3.05) is 37.6 Å². The van der Waals surface area contributed by atoms with Crippen LogP contribution in [0.1, 0.15) is 6.42 Å². The van der Waals surface area contributed by atoms with E-state index in [2.05, 4.69) is 4.98 Å². The number of nitro groups is 1. The van der Waals surface area contributed by atoms with E-state index in [1.54, 1.807) is 11.0 Å².